The van der Waals surface area contributed by atoms with Gasteiger partial charge in [0, 0.05) is 5.56 Å². The van der Waals surface area contributed by atoms with Crippen molar-refractivity contribution in [2.24, 2.45) is 10.3 Å². The number of carbonyl (C=O) groups excluding carboxylic acids is 1. The average molecular weight is 383 g/mol. The molecule has 0 bridgehead atoms. The number of nitrogens with zero attached hydrogens (tertiary/aromatic N) is 2. The van der Waals surface area contributed by atoms with Gasteiger partial charge in [0.2, 0.25) is 20.1 Å². The standard InChI is InChI=1S/C9H7ClN4O5S3/c10-5-2-1-4(3-6(5)21(11,16)17)7(15)8-13-14-9(20-8)22(12,18)19/h1-3H,(H2,11,16,17)(H2,12,18,19). The second kappa shape index (κ2) is 5.64. The minimum Gasteiger partial charge on any atom is -0.286 e. The first-order valence-corrected chi connectivity index (χ1v) is 9.52. The Bertz CT molecular complexity index is 967. The fourth-order valence-corrected chi connectivity index (χ4v) is 3.87. The molecule has 13 heteroatoms. The molecule has 4 N–H and O–H groups in total. The third kappa shape index (κ3) is 3.48. The van der Waals surface area contributed by atoms with E-state index in [9.17, 15) is 21.6 Å². The van der Waals surface area contributed by atoms with Gasteiger partial charge in [-0.05, 0) is 18.2 Å². The summed E-state index contributed by atoms with van der Waals surface area (Å²) in [5, 5.41) is 16.1. The topological polar surface area (TPSA) is 163 Å². The molecule has 2 rings (SSSR count). The minimum absolute atomic E-state index is 0.0921. The second-order valence-electron chi connectivity index (χ2n) is 3.94. The van der Waals surface area contributed by atoms with E-state index >= 15 is 0 Å². The van der Waals surface area contributed by atoms with Gasteiger partial charge >= 0.3 is 0 Å². The monoisotopic (exact) mass is 382 g/mol. The quantitative estimate of drug-likeness (QED) is 0.686. The Hall–Kier alpha value is -1.44. The summed E-state index contributed by atoms with van der Waals surface area (Å²) in [7, 11) is -8.20. The maximum absolute atomic E-state index is 12.2. The van der Waals surface area contributed by atoms with Crippen LogP contribution in [0.15, 0.2) is 27.4 Å². The Kier molecular flexibility index (Phi) is 4.34. The summed E-state index contributed by atoms with van der Waals surface area (Å²) in [5.74, 6) is -0.742. The van der Waals surface area contributed by atoms with Crippen molar-refractivity contribution in [1.82, 2.24) is 10.2 Å². The van der Waals surface area contributed by atoms with Crippen molar-refractivity contribution in [3.8, 4) is 0 Å². The fourth-order valence-electron chi connectivity index (χ4n) is 1.40. The summed E-state index contributed by atoms with van der Waals surface area (Å²) in [5.41, 5.74) is -0.0921. The Morgan fingerprint density at radius 1 is 1.09 bits per heavy atom. The van der Waals surface area contributed by atoms with Crippen LogP contribution in [0.5, 0.6) is 0 Å². The Morgan fingerprint density at radius 2 is 1.73 bits per heavy atom. The second-order valence-corrected chi connectivity index (χ2v) is 8.59. The largest absolute Gasteiger partial charge is 0.286 e. The number of ketones is 1. The zero-order valence-electron chi connectivity index (χ0n) is 10.4. The Balaban J connectivity index is 2.49. The van der Waals surface area contributed by atoms with Crippen molar-refractivity contribution < 1.29 is 21.6 Å². The molecule has 1 aromatic heterocycles. The molecule has 0 radical (unpaired) electrons. The maximum Gasteiger partial charge on any atom is 0.267 e. The van der Waals surface area contributed by atoms with Crippen LogP contribution in [0.1, 0.15) is 15.4 Å². The number of aromatic nitrogens is 2. The molecular weight excluding hydrogens is 376 g/mol. The van der Waals surface area contributed by atoms with Crippen LogP contribution in [-0.4, -0.2) is 32.8 Å². The Labute approximate surface area is 134 Å². The van der Waals surface area contributed by atoms with Crippen molar-refractivity contribution >= 4 is 48.8 Å². The number of sulfonamides is 2. The molecule has 118 valence electrons. The number of carbonyl (C=O) groups is 1. The molecule has 1 heterocycles. The third-order valence-electron chi connectivity index (χ3n) is 2.34. The number of primary sulfonamides is 2. The van der Waals surface area contributed by atoms with E-state index in [0.717, 1.165) is 6.07 Å². The number of hydrogen-bond donors (Lipinski definition) is 2. The average Bonchev–Trinajstić information content (AvgIpc) is 2.86. The molecular formula is C9H7ClN4O5S3. The van der Waals surface area contributed by atoms with E-state index in [1.165, 1.54) is 12.1 Å². The van der Waals surface area contributed by atoms with Gasteiger partial charge in [-0.1, -0.05) is 22.9 Å². The van der Waals surface area contributed by atoms with Crippen LogP contribution in [0, 0.1) is 0 Å². The molecule has 9 nitrogen and oxygen atoms in total. The number of rotatable bonds is 4. The van der Waals surface area contributed by atoms with Crippen molar-refractivity contribution in [3.63, 3.8) is 0 Å². The van der Waals surface area contributed by atoms with Crippen LogP contribution in [-0.2, 0) is 20.0 Å². The summed E-state index contributed by atoms with van der Waals surface area (Å²) in [4.78, 5) is 11.7. The summed E-state index contributed by atoms with van der Waals surface area (Å²) < 4.78 is 44.4. The summed E-state index contributed by atoms with van der Waals surface area (Å²) in [6, 6.07) is 3.39. The highest BCUT2D eigenvalue weighted by atomic mass is 35.5. The lowest BCUT2D eigenvalue weighted by atomic mass is 10.1. The van der Waals surface area contributed by atoms with Gasteiger partial charge in [-0.25, -0.2) is 27.1 Å². The number of halogens is 1. The van der Waals surface area contributed by atoms with E-state index in [2.05, 4.69) is 10.2 Å². The van der Waals surface area contributed by atoms with Crippen LogP contribution < -0.4 is 10.3 Å². The molecule has 0 amide bonds. The van der Waals surface area contributed by atoms with Crippen molar-refractivity contribution in [3.05, 3.63) is 33.8 Å². The fraction of sp³-hybridized carbons (Fsp3) is 0. The van der Waals surface area contributed by atoms with E-state index < -0.39 is 35.1 Å². The SMILES string of the molecule is NS(=O)(=O)c1nnc(C(=O)c2ccc(Cl)c(S(N)(=O)=O)c2)s1. The minimum atomic E-state index is -4.12. The smallest absolute Gasteiger partial charge is 0.267 e. The van der Waals surface area contributed by atoms with Gasteiger partial charge in [0.1, 0.15) is 4.90 Å². The third-order valence-corrected chi connectivity index (χ3v) is 5.97. The zero-order chi connectivity index (χ0) is 16.7. The van der Waals surface area contributed by atoms with Crippen LogP contribution in [0.2, 0.25) is 5.02 Å². The lowest BCUT2D eigenvalue weighted by Crippen LogP contribution is -2.14. The highest BCUT2D eigenvalue weighted by Gasteiger charge is 2.22. The maximum atomic E-state index is 12.2. The highest BCUT2D eigenvalue weighted by molar-refractivity contribution is 7.91. The molecule has 0 aliphatic heterocycles. The van der Waals surface area contributed by atoms with Gasteiger partial charge in [-0.2, -0.15) is 0 Å². The molecule has 0 atom stereocenters. The summed E-state index contributed by atoms with van der Waals surface area (Å²) in [6.45, 7) is 0. The van der Waals surface area contributed by atoms with E-state index in [4.69, 9.17) is 21.9 Å². The van der Waals surface area contributed by atoms with Gasteiger partial charge < -0.3 is 0 Å². The van der Waals surface area contributed by atoms with Gasteiger partial charge in [-0.3, -0.25) is 4.79 Å². The molecule has 0 aliphatic carbocycles. The molecule has 2 aromatic rings. The van der Waals surface area contributed by atoms with E-state index in [1.54, 1.807) is 0 Å². The first-order chi connectivity index (χ1) is 10.00. The van der Waals surface area contributed by atoms with E-state index in [1.807, 2.05) is 0 Å². The molecule has 0 unspecified atom stereocenters. The van der Waals surface area contributed by atoms with Gasteiger partial charge in [-0.15, -0.1) is 10.2 Å². The predicted molar refractivity (Wildman–Crippen MR) is 77.5 cm³/mol. The van der Waals surface area contributed by atoms with Crippen LogP contribution in [0.25, 0.3) is 0 Å². The number of benzene rings is 1. The zero-order valence-corrected chi connectivity index (χ0v) is 13.6. The molecule has 22 heavy (non-hydrogen) atoms. The lowest BCUT2D eigenvalue weighted by Gasteiger charge is -2.03. The van der Waals surface area contributed by atoms with Crippen molar-refractivity contribution in [2.75, 3.05) is 0 Å². The molecule has 0 spiro atoms. The molecule has 0 fully saturated rings. The molecule has 0 aliphatic rings. The number of hydrogen-bond acceptors (Lipinski definition) is 8. The highest BCUT2D eigenvalue weighted by Crippen LogP contribution is 2.24. The van der Waals surface area contributed by atoms with E-state index in [-0.39, 0.29) is 15.6 Å². The first kappa shape index (κ1) is 16.9. The van der Waals surface area contributed by atoms with Crippen LogP contribution in [0.4, 0.5) is 0 Å². The van der Waals surface area contributed by atoms with Gasteiger partial charge in [0.15, 0.2) is 5.01 Å². The van der Waals surface area contributed by atoms with Gasteiger partial charge in [0.25, 0.3) is 10.0 Å². The first-order valence-electron chi connectivity index (χ1n) is 5.23. The molecule has 0 saturated heterocycles. The Morgan fingerprint density at radius 3 is 2.23 bits per heavy atom. The number of nitrogens with two attached hydrogens (primary N) is 2. The lowest BCUT2D eigenvalue weighted by molar-refractivity contribution is 0.103. The summed E-state index contributed by atoms with van der Waals surface area (Å²) in [6.07, 6.45) is 0. The van der Waals surface area contributed by atoms with Crippen LogP contribution in [0.3, 0.4) is 0 Å². The predicted octanol–water partition coefficient (Wildman–Crippen LogP) is -0.283. The van der Waals surface area contributed by atoms with Crippen LogP contribution >= 0.6 is 22.9 Å². The van der Waals surface area contributed by atoms with Crippen molar-refractivity contribution in [1.29, 1.82) is 0 Å². The van der Waals surface area contributed by atoms with Gasteiger partial charge in [0.05, 0.1) is 5.02 Å². The summed E-state index contributed by atoms with van der Waals surface area (Å²) >= 11 is 6.17. The molecule has 1 aromatic carbocycles. The van der Waals surface area contributed by atoms with E-state index in [0.29, 0.717) is 11.3 Å². The molecule has 0 saturated carbocycles. The van der Waals surface area contributed by atoms with Crippen molar-refractivity contribution in [2.45, 2.75) is 9.24 Å². The normalized spacial score (nSPS) is 12.3.